The summed E-state index contributed by atoms with van der Waals surface area (Å²) < 4.78 is 77.0. The molecule has 5 nitrogen and oxygen atoms in total. The van der Waals surface area contributed by atoms with Crippen molar-refractivity contribution in [3.63, 3.8) is 0 Å². The minimum absolute atomic E-state index is 0.0979. The molecule has 0 spiro atoms. The minimum Gasteiger partial charge on any atom is -0.324 e. The normalized spacial score (nSPS) is 13.1. The van der Waals surface area contributed by atoms with Crippen molar-refractivity contribution >= 4 is 38.9 Å². The third-order valence-electron chi connectivity index (χ3n) is 3.70. The highest BCUT2D eigenvalue weighted by atomic mass is 35.5. The molecule has 2 rings (SSSR count). The molecule has 28 heavy (non-hydrogen) atoms. The Hall–Kier alpha value is -2.33. The van der Waals surface area contributed by atoms with Gasteiger partial charge in [-0.05, 0) is 43.3 Å². The fourth-order valence-corrected chi connectivity index (χ4v) is 3.80. The number of hydrogen-bond donors (Lipinski definition) is 1. The summed E-state index contributed by atoms with van der Waals surface area (Å²) in [4.78, 5) is 12.5. The van der Waals surface area contributed by atoms with Gasteiger partial charge in [0.25, 0.3) is 0 Å². The first-order chi connectivity index (χ1) is 12.8. The lowest BCUT2D eigenvalue weighted by Gasteiger charge is -2.28. The van der Waals surface area contributed by atoms with Crippen LogP contribution in [-0.2, 0) is 21.0 Å². The van der Waals surface area contributed by atoms with Gasteiger partial charge in [-0.3, -0.25) is 9.10 Å². The molecule has 2 aromatic carbocycles. The topological polar surface area (TPSA) is 66.5 Å². The fraction of sp³-hybridized carbons (Fsp3) is 0.235. The number of carbonyl (C=O) groups is 1. The molecule has 0 radical (unpaired) electrons. The number of anilines is 2. The van der Waals surface area contributed by atoms with Crippen molar-refractivity contribution in [1.82, 2.24) is 0 Å². The summed E-state index contributed by atoms with van der Waals surface area (Å²) in [7, 11) is -4.11. The van der Waals surface area contributed by atoms with Gasteiger partial charge in [0, 0.05) is 5.69 Å². The zero-order chi connectivity index (χ0) is 21.3. The number of nitrogens with one attached hydrogen (secondary N) is 1. The number of hydrogen-bond acceptors (Lipinski definition) is 3. The Morgan fingerprint density at radius 2 is 1.82 bits per heavy atom. The average Bonchev–Trinajstić information content (AvgIpc) is 2.56. The Morgan fingerprint density at radius 3 is 2.36 bits per heavy atom. The van der Waals surface area contributed by atoms with E-state index in [-0.39, 0.29) is 16.4 Å². The summed E-state index contributed by atoms with van der Waals surface area (Å²) in [5.41, 5.74) is -1.28. The number of rotatable bonds is 5. The smallest absolute Gasteiger partial charge is 0.324 e. The van der Waals surface area contributed by atoms with Gasteiger partial charge in [-0.25, -0.2) is 12.8 Å². The molecule has 1 N–H and O–H groups in total. The molecule has 0 fully saturated rings. The lowest BCUT2D eigenvalue weighted by molar-refractivity contribution is -0.137. The fourth-order valence-electron chi connectivity index (χ4n) is 2.45. The summed E-state index contributed by atoms with van der Waals surface area (Å²) in [6.07, 6.45) is -3.92. The first kappa shape index (κ1) is 22.0. The number of nitrogens with zero attached hydrogens (tertiary/aromatic N) is 1. The van der Waals surface area contributed by atoms with E-state index in [1.807, 2.05) is 0 Å². The van der Waals surface area contributed by atoms with Crippen LogP contribution in [0.2, 0.25) is 5.02 Å². The lowest BCUT2D eigenvalue weighted by atomic mass is 10.1. The van der Waals surface area contributed by atoms with E-state index < -0.39 is 39.5 Å². The van der Waals surface area contributed by atoms with E-state index in [2.05, 4.69) is 5.32 Å². The molecule has 0 aliphatic rings. The minimum atomic E-state index is -4.68. The molecule has 2 aromatic rings. The zero-order valence-corrected chi connectivity index (χ0v) is 16.2. The van der Waals surface area contributed by atoms with E-state index in [1.165, 1.54) is 13.0 Å². The second-order valence-corrected chi connectivity index (χ2v) is 8.17. The number of alkyl halides is 3. The molecule has 0 aliphatic heterocycles. The van der Waals surface area contributed by atoms with Crippen molar-refractivity contribution in [2.24, 2.45) is 0 Å². The third-order valence-corrected chi connectivity index (χ3v) is 5.23. The summed E-state index contributed by atoms with van der Waals surface area (Å²) in [5.74, 6) is -1.56. The van der Waals surface area contributed by atoms with Crippen molar-refractivity contribution < 1.29 is 30.8 Å². The highest BCUT2D eigenvalue weighted by Crippen LogP contribution is 2.33. The Labute approximate surface area is 164 Å². The van der Waals surface area contributed by atoms with Crippen LogP contribution in [0.15, 0.2) is 42.5 Å². The number of sulfonamides is 1. The molecule has 1 atom stereocenters. The average molecular weight is 439 g/mol. The van der Waals surface area contributed by atoms with E-state index in [0.29, 0.717) is 10.4 Å². The molecule has 0 saturated carbocycles. The van der Waals surface area contributed by atoms with Crippen molar-refractivity contribution in [3.8, 4) is 0 Å². The van der Waals surface area contributed by atoms with Crippen molar-refractivity contribution in [2.45, 2.75) is 19.1 Å². The van der Waals surface area contributed by atoms with Crippen molar-refractivity contribution in [3.05, 3.63) is 58.9 Å². The monoisotopic (exact) mass is 438 g/mol. The Kier molecular flexibility index (Phi) is 6.24. The number of carbonyl (C=O) groups excluding carboxylic acids is 1. The Bertz CT molecular complexity index is 996. The maximum Gasteiger partial charge on any atom is 0.416 e. The van der Waals surface area contributed by atoms with E-state index in [4.69, 9.17) is 11.6 Å². The van der Waals surface area contributed by atoms with Crippen LogP contribution in [0.4, 0.5) is 28.9 Å². The summed E-state index contributed by atoms with van der Waals surface area (Å²) in [5, 5.41) is 2.10. The summed E-state index contributed by atoms with van der Waals surface area (Å²) in [6.45, 7) is 1.21. The number of benzene rings is 2. The molecule has 1 amide bonds. The van der Waals surface area contributed by atoms with Gasteiger partial charge >= 0.3 is 6.18 Å². The molecular formula is C17H15ClF4N2O3S. The molecule has 0 aliphatic carbocycles. The van der Waals surface area contributed by atoms with Gasteiger partial charge < -0.3 is 5.32 Å². The van der Waals surface area contributed by atoms with Gasteiger partial charge in [0.15, 0.2) is 0 Å². The Morgan fingerprint density at radius 1 is 1.18 bits per heavy atom. The summed E-state index contributed by atoms with van der Waals surface area (Å²) in [6, 6.07) is 5.55. The van der Waals surface area contributed by atoms with Crippen LogP contribution in [0, 0.1) is 5.82 Å². The molecule has 0 aromatic heterocycles. The van der Waals surface area contributed by atoms with Crippen LogP contribution in [0.5, 0.6) is 0 Å². The van der Waals surface area contributed by atoms with E-state index in [0.717, 1.165) is 36.6 Å². The van der Waals surface area contributed by atoms with Gasteiger partial charge in [0.1, 0.15) is 11.9 Å². The first-order valence-electron chi connectivity index (χ1n) is 7.73. The van der Waals surface area contributed by atoms with E-state index in [9.17, 15) is 30.8 Å². The molecule has 0 bridgehead atoms. The predicted molar refractivity (Wildman–Crippen MR) is 98.3 cm³/mol. The standard InChI is InChI=1S/C17H15ClF4N2O3S/c1-10(16(25)23-12-6-7-15(19)14(18)9-12)24(28(2,26)27)13-5-3-4-11(8-13)17(20,21)22/h3-10H,1-2H3,(H,23,25)/t10-/m0/s1. The van der Waals surface area contributed by atoms with Crippen LogP contribution < -0.4 is 9.62 Å². The van der Waals surface area contributed by atoms with Crippen LogP contribution in [-0.4, -0.2) is 26.6 Å². The van der Waals surface area contributed by atoms with Gasteiger partial charge in [0.05, 0.1) is 22.5 Å². The molecule has 0 heterocycles. The summed E-state index contributed by atoms with van der Waals surface area (Å²) >= 11 is 5.63. The first-order valence-corrected chi connectivity index (χ1v) is 9.96. The van der Waals surface area contributed by atoms with Gasteiger partial charge in [-0.2, -0.15) is 13.2 Å². The third kappa shape index (κ3) is 5.14. The van der Waals surface area contributed by atoms with E-state index >= 15 is 0 Å². The van der Waals surface area contributed by atoms with Crippen LogP contribution >= 0.6 is 11.6 Å². The highest BCUT2D eigenvalue weighted by Gasteiger charge is 2.34. The predicted octanol–water partition coefficient (Wildman–Crippen LogP) is 4.29. The Balaban J connectivity index is 2.38. The van der Waals surface area contributed by atoms with Crippen LogP contribution in [0.3, 0.4) is 0 Å². The van der Waals surface area contributed by atoms with Gasteiger partial charge in [0.2, 0.25) is 15.9 Å². The molecule has 11 heteroatoms. The van der Waals surface area contributed by atoms with Crippen LogP contribution in [0.1, 0.15) is 12.5 Å². The second kappa shape index (κ2) is 7.96. The molecule has 0 unspecified atom stereocenters. The van der Waals surface area contributed by atoms with Gasteiger partial charge in [-0.15, -0.1) is 0 Å². The largest absolute Gasteiger partial charge is 0.416 e. The highest BCUT2D eigenvalue weighted by molar-refractivity contribution is 7.92. The van der Waals surface area contributed by atoms with Gasteiger partial charge in [-0.1, -0.05) is 17.7 Å². The SMILES string of the molecule is C[C@@H](C(=O)Nc1ccc(F)c(Cl)c1)N(c1cccc(C(F)(F)F)c1)S(C)(=O)=O. The molecular weight excluding hydrogens is 424 g/mol. The van der Waals surface area contributed by atoms with Crippen molar-refractivity contribution in [2.75, 3.05) is 15.9 Å². The lowest BCUT2D eigenvalue weighted by Crippen LogP contribution is -2.45. The quantitative estimate of drug-likeness (QED) is 0.708. The second-order valence-electron chi connectivity index (χ2n) is 5.90. The molecule has 152 valence electrons. The van der Waals surface area contributed by atoms with E-state index in [1.54, 1.807) is 0 Å². The van der Waals surface area contributed by atoms with Crippen molar-refractivity contribution in [1.29, 1.82) is 0 Å². The zero-order valence-electron chi connectivity index (χ0n) is 14.6. The number of halogens is 5. The molecule has 0 saturated heterocycles. The number of amides is 1. The maximum atomic E-state index is 13.2. The maximum absolute atomic E-state index is 13.2. The van der Waals surface area contributed by atoms with Crippen LogP contribution in [0.25, 0.3) is 0 Å².